The minimum atomic E-state index is -0.379. The van der Waals surface area contributed by atoms with Crippen molar-refractivity contribution in [1.82, 2.24) is 9.80 Å². The minimum Gasteiger partial charge on any atom is -0.379 e. The molecule has 3 heterocycles. The van der Waals surface area contributed by atoms with Crippen molar-refractivity contribution < 1.29 is 19.0 Å². The Morgan fingerprint density at radius 3 is 2.71 bits per heavy atom. The van der Waals surface area contributed by atoms with Gasteiger partial charge in [-0.2, -0.15) is 0 Å². The Morgan fingerprint density at radius 1 is 1.25 bits per heavy atom. The number of hydrogen-bond donors (Lipinski definition) is 0. The summed E-state index contributed by atoms with van der Waals surface area (Å²) in [4.78, 5) is 17.3. The summed E-state index contributed by atoms with van der Waals surface area (Å²) in [6.07, 6.45) is 3.04. The number of morpholine rings is 1. The van der Waals surface area contributed by atoms with Crippen LogP contribution in [0.1, 0.15) is 33.1 Å². The summed E-state index contributed by atoms with van der Waals surface area (Å²) in [5.74, 6) is 0.680. The Morgan fingerprint density at radius 2 is 2.04 bits per heavy atom. The fourth-order valence-corrected chi connectivity index (χ4v) is 4.11. The number of amides is 1. The predicted molar refractivity (Wildman–Crippen MR) is 90.9 cm³/mol. The second kappa shape index (κ2) is 8.61. The maximum Gasteiger partial charge on any atom is 0.251 e. The van der Waals surface area contributed by atoms with E-state index in [9.17, 15) is 4.79 Å². The summed E-state index contributed by atoms with van der Waals surface area (Å²) in [6.45, 7) is 10.7. The van der Waals surface area contributed by atoms with Gasteiger partial charge in [0.15, 0.2) is 0 Å². The molecular formula is C18H32N2O4. The summed E-state index contributed by atoms with van der Waals surface area (Å²) in [5.41, 5.74) is 0. The van der Waals surface area contributed by atoms with E-state index in [4.69, 9.17) is 14.2 Å². The molecule has 0 spiro atoms. The highest BCUT2D eigenvalue weighted by atomic mass is 16.5. The molecule has 0 aromatic heterocycles. The van der Waals surface area contributed by atoms with Crippen LogP contribution in [-0.2, 0) is 19.0 Å². The van der Waals surface area contributed by atoms with Crippen molar-refractivity contribution in [3.05, 3.63) is 0 Å². The van der Waals surface area contributed by atoms with Gasteiger partial charge in [0, 0.05) is 38.8 Å². The molecule has 0 aromatic rings. The second-order valence-corrected chi connectivity index (χ2v) is 7.24. The first-order valence-corrected chi connectivity index (χ1v) is 9.52. The normalized spacial score (nSPS) is 33.1. The number of carbonyl (C=O) groups is 1. The van der Waals surface area contributed by atoms with Crippen molar-refractivity contribution in [3.63, 3.8) is 0 Å². The Balaban J connectivity index is 1.50. The third-order valence-corrected chi connectivity index (χ3v) is 5.66. The molecule has 0 N–H and O–H groups in total. The van der Waals surface area contributed by atoms with Crippen molar-refractivity contribution in [1.29, 1.82) is 0 Å². The first kappa shape index (κ1) is 18.1. The Kier molecular flexibility index (Phi) is 6.49. The molecule has 3 aliphatic rings. The average molecular weight is 340 g/mol. The van der Waals surface area contributed by atoms with E-state index in [1.165, 1.54) is 0 Å². The van der Waals surface area contributed by atoms with E-state index in [2.05, 4.69) is 11.8 Å². The van der Waals surface area contributed by atoms with Crippen LogP contribution in [0.2, 0.25) is 0 Å². The van der Waals surface area contributed by atoms with Gasteiger partial charge in [0.25, 0.3) is 5.91 Å². The topological polar surface area (TPSA) is 51.2 Å². The summed E-state index contributed by atoms with van der Waals surface area (Å²) in [5, 5.41) is 0. The lowest BCUT2D eigenvalue weighted by atomic mass is 9.99. The highest BCUT2D eigenvalue weighted by Crippen LogP contribution is 2.26. The summed E-state index contributed by atoms with van der Waals surface area (Å²) >= 11 is 0. The van der Waals surface area contributed by atoms with Gasteiger partial charge in [-0.15, -0.1) is 0 Å². The van der Waals surface area contributed by atoms with E-state index in [1.807, 2.05) is 11.8 Å². The summed E-state index contributed by atoms with van der Waals surface area (Å²) < 4.78 is 16.8. The van der Waals surface area contributed by atoms with Crippen molar-refractivity contribution >= 4 is 5.91 Å². The van der Waals surface area contributed by atoms with Crippen LogP contribution in [-0.4, -0.2) is 86.6 Å². The number of rotatable bonds is 6. The zero-order valence-corrected chi connectivity index (χ0v) is 15.1. The Bertz CT molecular complexity index is 408. The Labute approximate surface area is 145 Å². The van der Waals surface area contributed by atoms with Crippen LogP contribution in [0.25, 0.3) is 0 Å². The standard InChI is InChI=1S/C18H32N2O4/c1-3-15-11-20(12-17(15)19-6-9-22-10-7-19)18(21)14(2)24-13-16-5-4-8-23-16/h14-17H,3-13H2,1-2H3/t14-,15+,16+,17-/m0/s1. The van der Waals surface area contributed by atoms with Crippen LogP contribution in [0.15, 0.2) is 0 Å². The van der Waals surface area contributed by atoms with Crippen LogP contribution in [0, 0.1) is 5.92 Å². The molecule has 138 valence electrons. The number of carbonyl (C=O) groups excluding carboxylic acids is 1. The van der Waals surface area contributed by atoms with E-state index in [1.54, 1.807) is 0 Å². The third kappa shape index (κ3) is 4.28. The van der Waals surface area contributed by atoms with Gasteiger partial charge < -0.3 is 19.1 Å². The average Bonchev–Trinajstić information content (AvgIpc) is 3.29. The van der Waals surface area contributed by atoms with Gasteiger partial charge in [-0.3, -0.25) is 9.69 Å². The van der Waals surface area contributed by atoms with Gasteiger partial charge >= 0.3 is 0 Å². The molecule has 0 saturated carbocycles. The monoisotopic (exact) mass is 340 g/mol. The molecule has 4 atom stereocenters. The van der Waals surface area contributed by atoms with Crippen molar-refractivity contribution in [2.75, 3.05) is 52.6 Å². The Hall–Kier alpha value is -0.690. The smallest absolute Gasteiger partial charge is 0.251 e. The van der Waals surface area contributed by atoms with Crippen LogP contribution in [0.5, 0.6) is 0 Å². The van der Waals surface area contributed by atoms with Gasteiger partial charge in [-0.25, -0.2) is 0 Å². The molecule has 0 radical (unpaired) electrons. The highest BCUT2D eigenvalue weighted by molar-refractivity contribution is 5.81. The predicted octanol–water partition coefficient (Wildman–Crippen LogP) is 1.14. The molecule has 0 aromatic carbocycles. The maximum atomic E-state index is 12.8. The minimum absolute atomic E-state index is 0.127. The van der Waals surface area contributed by atoms with Crippen molar-refractivity contribution in [3.8, 4) is 0 Å². The number of hydrogen-bond acceptors (Lipinski definition) is 5. The number of ether oxygens (including phenoxy) is 3. The quantitative estimate of drug-likeness (QED) is 0.726. The van der Waals surface area contributed by atoms with E-state index in [-0.39, 0.29) is 18.1 Å². The van der Waals surface area contributed by atoms with Gasteiger partial charge in [0.2, 0.25) is 0 Å². The fourth-order valence-electron chi connectivity index (χ4n) is 4.11. The van der Waals surface area contributed by atoms with Crippen LogP contribution >= 0.6 is 0 Å². The third-order valence-electron chi connectivity index (χ3n) is 5.66. The molecule has 24 heavy (non-hydrogen) atoms. The van der Waals surface area contributed by atoms with Gasteiger partial charge in [-0.05, 0) is 25.7 Å². The van der Waals surface area contributed by atoms with Gasteiger partial charge in [0.1, 0.15) is 6.10 Å². The molecule has 1 amide bonds. The lowest BCUT2D eigenvalue weighted by molar-refractivity contribution is -0.143. The van der Waals surface area contributed by atoms with Crippen molar-refractivity contribution in [2.45, 2.75) is 51.4 Å². The molecule has 3 saturated heterocycles. The van der Waals surface area contributed by atoms with Gasteiger partial charge in [-0.1, -0.05) is 13.3 Å². The molecule has 3 fully saturated rings. The molecule has 3 rings (SSSR count). The lowest BCUT2D eigenvalue weighted by Gasteiger charge is -2.34. The zero-order valence-electron chi connectivity index (χ0n) is 15.1. The van der Waals surface area contributed by atoms with Crippen LogP contribution < -0.4 is 0 Å². The molecule has 6 nitrogen and oxygen atoms in total. The summed E-state index contributed by atoms with van der Waals surface area (Å²) in [7, 11) is 0. The first-order chi connectivity index (χ1) is 11.7. The molecule has 0 bridgehead atoms. The van der Waals surface area contributed by atoms with Gasteiger partial charge in [0.05, 0.1) is 25.9 Å². The molecule has 3 aliphatic heterocycles. The largest absolute Gasteiger partial charge is 0.379 e. The maximum absolute atomic E-state index is 12.8. The molecule has 0 unspecified atom stereocenters. The van der Waals surface area contributed by atoms with Crippen molar-refractivity contribution in [2.24, 2.45) is 5.92 Å². The number of likely N-dealkylation sites (tertiary alicyclic amines) is 1. The van der Waals surface area contributed by atoms with E-state index in [0.29, 0.717) is 18.6 Å². The lowest BCUT2D eigenvalue weighted by Crippen LogP contribution is -2.47. The highest BCUT2D eigenvalue weighted by Gasteiger charge is 2.39. The van der Waals surface area contributed by atoms with E-state index >= 15 is 0 Å². The van der Waals surface area contributed by atoms with Crippen LogP contribution in [0.4, 0.5) is 0 Å². The SMILES string of the molecule is CC[C@@H]1CN(C(=O)[C@H](C)OC[C@H]2CCCO2)C[C@@H]1N1CCOCC1. The van der Waals surface area contributed by atoms with E-state index < -0.39 is 0 Å². The zero-order chi connectivity index (χ0) is 16.9. The molecule has 6 heteroatoms. The fraction of sp³-hybridized carbons (Fsp3) is 0.944. The van der Waals surface area contributed by atoms with Crippen LogP contribution in [0.3, 0.4) is 0 Å². The second-order valence-electron chi connectivity index (χ2n) is 7.24. The summed E-state index contributed by atoms with van der Waals surface area (Å²) in [6, 6.07) is 0.466. The number of nitrogens with zero attached hydrogens (tertiary/aromatic N) is 2. The van der Waals surface area contributed by atoms with E-state index in [0.717, 1.165) is 65.3 Å². The first-order valence-electron chi connectivity index (χ1n) is 9.52. The molecule has 0 aliphatic carbocycles. The molecular weight excluding hydrogens is 308 g/mol.